The molecule has 2 aromatic heterocycles. The van der Waals surface area contributed by atoms with Crippen LogP contribution in [-0.2, 0) is 6.42 Å². The number of aromatic carboxylic acids is 1. The molecule has 0 amide bonds. The summed E-state index contributed by atoms with van der Waals surface area (Å²) in [4.78, 5) is 15.6. The monoisotopic (exact) mass is 383 g/mol. The van der Waals surface area contributed by atoms with Gasteiger partial charge in [0.15, 0.2) is 11.4 Å². The number of halogens is 2. The number of benzene rings is 1. The van der Waals surface area contributed by atoms with Crippen LogP contribution in [0.25, 0.3) is 5.65 Å². The largest absolute Gasteiger partial charge is 0.489 e. The van der Waals surface area contributed by atoms with Crippen LogP contribution in [0.2, 0.25) is 0 Å². The van der Waals surface area contributed by atoms with Crippen LogP contribution in [0.4, 0.5) is 0 Å². The first kappa shape index (κ1) is 20.8. The molecule has 8 heteroatoms. The fourth-order valence-corrected chi connectivity index (χ4v) is 2.47. The molecule has 0 aliphatic carbocycles. The minimum atomic E-state index is -1.07. The molecule has 0 spiro atoms. The summed E-state index contributed by atoms with van der Waals surface area (Å²) in [7, 11) is 0. The molecule has 1 atom stereocenters. The highest BCUT2D eigenvalue weighted by atomic mass is 35.5. The summed E-state index contributed by atoms with van der Waals surface area (Å²) < 4.78 is 7.14. The first-order valence-electron chi connectivity index (χ1n) is 7.27. The Bertz CT molecular complexity index is 824. The molecule has 0 aliphatic heterocycles. The van der Waals surface area contributed by atoms with Crippen LogP contribution < -0.4 is 10.5 Å². The number of aromatic nitrogens is 2. The average molecular weight is 384 g/mol. The molecule has 0 saturated heterocycles. The van der Waals surface area contributed by atoms with Crippen molar-refractivity contribution in [1.29, 1.82) is 0 Å². The lowest BCUT2D eigenvalue weighted by molar-refractivity contribution is 0.0683. The summed E-state index contributed by atoms with van der Waals surface area (Å²) in [5.74, 6) is -0.785. The van der Waals surface area contributed by atoms with Gasteiger partial charge in [0, 0.05) is 18.4 Å². The molecule has 3 aromatic rings. The van der Waals surface area contributed by atoms with E-state index in [0.29, 0.717) is 12.1 Å². The molecule has 25 heavy (non-hydrogen) atoms. The Balaban J connectivity index is 0.00000156. The van der Waals surface area contributed by atoms with E-state index in [4.69, 9.17) is 10.5 Å². The second-order valence-corrected chi connectivity index (χ2v) is 5.27. The van der Waals surface area contributed by atoms with Crippen molar-refractivity contribution in [2.75, 3.05) is 6.61 Å². The van der Waals surface area contributed by atoms with E-state index in [1.807, 2.05) is 30.3 Å². The molecular weight excluding hydrogens is 365 g/mol. The summed E-state index contributed by atoms with van der Waals surface area (Å²) >= 11 is 0. The van der Waals surface area contributed by atoms with Crippen molar-refractivity contribution in [1.82, 2.24) is 9.38 Å². The molecule has 0 radical (unpaired) electrons. The number of pyridine rings is 1. The fraction of sp³-hybridized carbons (Fsp3) is 0.176. The summed E-state index contributed by atoms with van der Waals surface area (Å²) in [5.41, 5.74) is 7.81. The Kier molecular flexibility index (Phi) is 7.70. The first-order chi connectivity index (χ1) is 11.1. The molecule has 3 N–H and O–H groups in total. The third-order valence-electron chi connectivity index (χ3n) is 3.52. The maximum Gasteiger partial charge on any atom is 0.356 e. The van der Waals surface area contributed by atoms with Crippen LogP contribution in [0.15, 0.2) is 54.9 Å². The lowest BCUT2D eigenvalue weighted by atomic mass is 10.1. The summed E-state index contributed by atoms with van der Waals surface area (Å²) in [6, 6.07) is 13.0. The lowest BCUT2D eigenvalue weighted by Crippen LogP contribution is -2.30. The first-order valence-corrected chi connectivity index (χ1v) is 7.27. The quantitative estimate of drug-likeness (QED) is 0.682. The van der Waals surface area contributed by atoms with Crippen molar-refractivity contribution < 1.29 is 14.6 Å². The predicted octanol–water partition coefficient (Wildman–Crippen LogP) is 2.82. The van der Waals surface area contributed by atoms with Gasteiger partial charge in [0.2, 0.25) is 0 Å². The van der Waals surface area contributed by atoms with Crippen molar-refractivity contribution in [3.63, 3.8) is 0 Å². The lowest BCUT2D eigenvalue weighted by Gasteiger charge is -2.15. The number of fused-ring (bicyclic) bond motifs is 1. The highest BCUT2D eigenvalue weighted by Gasteiger charge is 2.17. The minimum absolute atomic E-state index is 0. The zero-order chi connectivity index (χ0) is 16.2. The second-order valence-electron chi connectivity index (χ2n) is 5.27. The molecule has 134 valence electrons. The Hall–Kier alpha value is -2.28. The van der Waals surface area contributed by atoms with Crippen molar-refractivity contribution in [2.24, 2.45) is 5.73 Å². The minimum Gasteiger partial charge on any atom is -0.489 e. The molecule has 6 nitrogen and oxygen atoms in total. The zero-order valence-electron chi connectivity index (χ0n) is 13.2. The maximum atomic E-state index is 11.5. The van der Waals surface area contributed by atoms with Gasteiger partial charge in [0.05, 0.1) is 0 Å². The molecule has 3 rings (SSSR count). The average Bonchev–Trinajstić information content (AvgIpc) is 3.01. The van der Waals surface area contributed by atoms with Crippen LogP contribution >= 0.6 is 24.8 Å². The van der Waals surface area contributed by atoms with Crippen molar-refractivity contribution >= 4 is 36.4 Å². The second kappa shape index (κ2) is 9.27. The van der Waals surface area contributed by atoms with Gasteiger partial charge in [0.25, 0.3) is 0 Å². The maximum absolute atomic E-state index is 11.5. The zero-order valence-corrected chi connectivity index (χ0v) is 14.9. The summed E-state index contributed by atoms with van der Waals surface area (Å²) in [6.45, 7) is 0.232. The van der Waals surface area contributed by atoms with E-state index >= 15 is 0 Å². The van der Waals surface area contributed by atoms with Crippen LogP contribution in [0, 0.1) is 0 Å². The number of carbonyl (C=O) groups is 1. The number of rotatable bonds is 6. The highest BCUT2D eigenvalue weighted by Crippen LogP contribution is 2.20. The van der Waals surface area contributed by atoms with E-state index in [1.165, 1.54) is 4.40 Å². The Morgan fingerprint density at radius 2 is 1.92 bits per heavy atom. The van der Waals surface area contributed by atoms with Crippen LogP contribution in [0.3, 0.4) is 0 Å². The number of ether oxygens (including phenoxy) is 1. The standard InChI is InChI=1S/C17H17N3O3.2ClH/c18-13(10-12-4-2-1-3-5-12)11-23-14-6-7-15-19-8-9-20(15)16(14)17(21)22;;/h1-9,13H,10-11,18H2,(H,21,22);2*1H/t13-;;/m1../s1. The van der Waals surface area contributed by atoms with Gasteiger partial charge in [0.1, 0.15) is 12.3 Å². The Labute approximate surface area is 157 Å². The Morgan fingerprint density at radius 3 is 2.60 bits per heavy atom. The smallest absolute Gasteiger partial charge is 0.356 e. The van der Waals surface area contributed by atoms with Gasteiger partial charge >= 0.3 is 5.97 Å². The topological polar surface area (TPSA) is 89.9 Å². The van der Waals surface area contributed by atoms with Crippen LogP contribution in [0.5, 0.6) is 5.75 Å². The molecule has 0 unspecified atom stereocenters. The molecule has 0 bridgehead atoms. The van der Waals surface area contributed by atoms with E-state index in [-0.39, 0.29) is 48.9 Å². The van der Waals surface area contributed by atoms with Gasteiger partial charge in [-0.05, 0) is 24.1 Å². The van der Waals surface area contributed by atoms with Gasteiger partial charge in [-0.3, -0.25) is 4.40 Å². The van der Waals surface area contributed by atoms with Crippen molar-refractivity contribution in [2.45, 2.75) is 12.5 Å². The number of nitrogens with two attached hydrogens (primary N) is 1. The molecule has 0 saturated carbocycles. The van der Waals surface area contributed by atoms with E-state index < -0.39 is 5.97 Å². The number of carboxylic acid groups (broad SMARTS) is 1. The van der Waals surface area contributed by atoms with Crippen LogP contribution in [0.1, 0.15) is 16.1 Å². The molecule has 1 aromatic carbocycles. The fourth-order valence-electron chi connectivity index (χ4n) is 2.47. The molecule has 0 aliphatic rings. The van der Waals surface area contributed by atoms with Crippen LogP contribution in [-0.4, -0.2) is 33.1 Å². The van der Waals surface area contributed by atoms with Gasteiger partial charge in [-0.25, -0.2) is 9.78 Å². The number of hydrogen-bond donors (Lipinski definition) is 2. The summed E-state index contributed by atoms with van der Waals surface area (Å²) in [5, 5.41) is 9.42. The third kappa shape index (κ3) is 4.85. The number of nitrogens with zero attached hydrogens (tertiary/aromatic N) is 2. The molecular formula is C17H19Cl2N3O3. The predicted molar refractivity (Wildman–Crippen MR) is 100 cm³/mol. The van der Waals surface area contributed by atoms with E-state index in [9.17, 15) is 9.90 Å². The highest BCUT2D eigenvalue weighted by molar-refractivity contribution is 5.89. The van der Waals surface area contributed by atoms with E-state index in [2.05, 4.69) is 4.98 Å². The number of imidazole rings is 1. The van der Waals surface area contributed by atoms with E-state index in [0.717, 1.165) is 5.56 Å². The SMILES string of the molecule is Cl.Cl.N[C@@H](COc1ccc2nccn2c1C(=O)O)Cc1ccccc1. The van der Waals surface area contributed by atoms with Gasteiger partial charge < -0.3 is 15.6 Å². The van der Waals surface area contributed by atoms with Crippen molar-refractivity contribution in [3.8, 4) is 5.75 Å². The summed E-state index contributed by atoms with van der Waals surface area (Å²) in [6.07, 6.45) is 3.80. The molecule has 0 fully saturated rings. The van der Waals surface area contributed by atoms with E-state index in [1.54, 1.807) is 24.5 Å². The van der Waals surface area contributed by atoms with Gasteiger partial charge in [-0.2, -0.15) is 0 Å². The normalized spacial score (nSPS) is 11.2. The number of hydrogen-bond acceptors (Lipinski definition) is 4. The number of carboxylic acids is 1. The van der Waals surface area contributed by atoms with Gasteiger partial charge in [-0.15, -0.1) is 24.8 Å². The van der Waals surface area contributed by atoms with Gasteiger partial charge in [-0.1, -0.05) is 30.3 Å². The Morgan fingerprint density at radius 1 is 1.20 bits per heavy atom. The molecule has 2 heterocycles. The van der Waals surface area contributed by atoms with Crippen molar-refractivity contribution in [3.05, 3.63) is 66.1 Å². The third-order valence-corrected chi connectivity index (χ3v) is 3.52.